The van der Waals surface area contributed by atoms with Crippen LogP contribution in [0.4, 0.5) is 0 Å². The molecule has 4 rings (SSSR count). The van der Waals surface area contributed by atoms with Crippen molar-refractivity contribution in [1.29, 1.82) is 0 Å². The largest absolute Gasteiger partial charge is 0.351 e. The Bertz CT molecular complexity index is 1020. The molecule has 2 aliphatic heterocycles. The number of amides is 1. The molecule has 0 bridgehead atoms. The highest BCUT2D eigenvalue weighted by atomic mass is 32.2. The molecule has 0 spiro atoms. The standard InChI is InChI=1S/C24H34N4O3S2/c1-2-12-26-16-18-27(19-17-26)15-11-25-24(29)21-7-5-20(6-8-21)22-9-10-23(32-22)33(30,31)28-13-3-4-14-28/h5-10H,2-4,11-19H2,1H3,(H,25,29). The maximum Gasteiger partial charge on any atom is 0.252 e. The van der Waals surface area contributed by atoms with E-state index in [1.54, 1.807) is 10.4 Å². The summed E-state index contributed by atoms with van der Waals surface area (Å²) in [7, 11) is -3.39. The van der Waals surface area contributed by atoms with E-state index in [0.29, 0.717) is 29.4 Å². The van der Waals surface area contributed by atoms with E-state index in [1.165, 1.54) is 24.3 Å². The molecule has 0 aliphatic carbocycles. The first-order chi connectivity index (χ1) is 16.0. The zero-order valence-electron chi connectivity index (χ0n) is 19.3. The van der Waals surface area contributed by atoms with Crippen molar-refractivity contribution in [2.75, 3.05) is 58.9 Å². The predicted molar refractivity (Wildman–Crippen MR) is 133 cm³/mol. The number of benzene rings is 1. The second-order valence-corrected chi connectivity index (χ2v) is 12.0. The average Bonchev–Trinajstić information content (AvgIpc) is 3.54. The van der Waals surface area contributed by atoms with E-state index in [9.17, 15) is 13.2 Å². The predicted octanol–water partition coefficient (Wildman–Crippen LogP) is 2.96. The summed E-state index contributed by atoms with van der Waals surface area (Å²) >= 11 is 1.29. The van der Waals surface area contributed by atoms with Gasteiger partial charge in [0.25, 0.3) is 15.9 Å². The number of hydrogen-bond acceptors (Lipinski definition) is 6. The summed E-state index contributed by atoms with van der Waals surface area (Å²) < 4.78 is 27.5. The van der Waals surface area contributed by atoms with Gasteiger partial charge in [0, 0.05) is 62.8 Å². The number of carbonyl (C=O) groups excluding carboxylic acids is 1. The number of carbonyl (C=O) groups is 1. The fourth-order valence-electron chi connectivity index (χ4n) is 4.44. The van der Waals surface area contributed by atoms with Crippen LogP contribution >= 0.6 is 11.3 Å². The Morgan fingerprint density at radius 1 is 0.909 bits per heavy atom. The Kier molecular flexibility index (Phi) is 8.19. The Morgan fingerprint density at radius 3 is 2.18 bits per heavy atom. The maximum absolute atomic E-state index is 12.8. The zero-order chi connectivity index (χ0) is 23.3. The fourth-order valence-corrected chi connectivity index (χ4v) is 7.42. The lowest BCUT2D eigenvalue weighted by Gasteiger charge is -2.34. The van der Waals surface area contributed by atoms with Gasteiger partial charge in [0.15, 0.2) is 0 Å². The molecule has 2 fully saturated rings. The van der Waals surface area contributed by atoms with Crippen molar-refractivity contribution in [3.8, 4) is 10.4 Å². The van der Waals surface area contributed by atoms with Gasteiger partial charge in [-0.3, -0.25) is 9.69 Å². The quantitative estimate of drug-likeness (QED) is 0.585. The molecule has 33 heavy (non-hydrogen) atoms. The number of thiophene rings is 1. The highest BCUT2D eigenvalue weighted by Crippen LogP contribution is 2.33. The fraction of sp³-hybridized carbons (Fsp3) is 0.542. The van der Waals surface area contributed by atoms with Crippen LogP contribution in [0.3, 0.4) is 0 Å². The van der Waals surface area contributed by atoms with E-state index < -0.39 is 10.0 Å². The first-order valence-corrected chi connectivity index (χ1v) is 14.2. The van der Waals surface area contributed by atoms with Crippen LogP contribution in [-0.2, 0) is 10.0 Å². The van der Waals surface area contributed by atoms with Crippen LogP contribution in [0.5, 0.6) is 0 Å². The van der Waals surface area contributed by atoms with E-state index in [0.717, 1.165) is 56.0 Å². The smallest absolute Gasteiger partial charge is 0.252 e. The lowest BCUT2D eigenvalue weighted by atomic mass is 10.1. The topological polar surface area (TPSA) is 73.0 Å². The number of hydrogen-bond donors (Lipinski definition) is 1. The molecule has 0 radical (unpaired) electrons. The zero-order valence-corrected chi connectivity index (χ0v) is 21.0. The minimum absolute atomic E-state index is 0.0744. The van der Waals surface area contributed by atoms with E-state index in [1.807, 2.05) is 30.3 Å². The van der Waals surface area contributed by atoms with Crippen molar-refractivity contribution >= 4 is 27.3 Å². The number of sulfonamides is 1. The van der Waals surface area contributed by atoms with Gasteiger partial charge in [0.2, 0.25) is 0 Å². The lowest BCUT2D eigenvalue weighted by Crippen LogP contribution is -2.48. The summed E-state index contributed by atoms with van der Waals surface area (Å²) in [4.78, 5) is 18.3. The Hall–Kier alpha value is -1.78. The molecular weight excluding hydrogens is 456 g/mol. The number of piperazine rings is 1. The van der Waals surface area contributed by atoms with Gasteiger partial charge in [-0.1, -0.05) is 19.1 Å². The summed E-state index contributed by atoms with van der Waals surface area (Å²) in [6, 6.07) is 10.9. The van der Waals surface area contributed by atoms with Gasteiger partial charge in [-0.15, -0.1) is 11.3 Å². The van der Waals surface area contributed by atoms with Gasteiger partial charge in [-0.2, -0.15) is 4.31 Å². The summed E-state index contributed by atoms with van der Waals surface area (Å²) in [5, 5.41) is 3.02. The second kappa shape index (κ2) is 11.1. The van der Waals surface area contributed by atoms with Crippen LogP contribution in [0, 0.1) is 0 Å². The highest BCUT2D eigenvalue weighted by molar-refractivity contribution is 7.91. The van der Waals surface area contributed by atoms with Crippen molar-refractivity contribution in [2.45, 2.75) is 30.4 Å². The van der Waals surface area contributed by atoms with E-state index in [4.69, 9.17) is 0 Å². The van der Waals surface area contributed by atoms with Crippen LogP contribution in [0.1, 0.15) is 36.5 Å². The Balaban J connectivity index is 1.28. The van der Waals surface area contributed by atoms with Crippen LogP contribution in [0.25, 0.3) is 10.4 Å². The molecule has 7 nitrogen and oxygen atoms in total. The number of nitrogens with zero attached hydrogens (tertiary/aromatic N) is 3. The molecule has 1 N–H and O–H groups in total. The third-order valence-corrected chi connectivity index (χ3v) is 9.89. The molecule has 1 amide bonds. The summed E-state index contributed by atoms with van der Waals surface area (Å²) in [5.74, 6) is -0.0744. The van der Waals surface area contributed by atoms with Crippen LogP contribution < -0.4 is 5.32 Å². The first-order valence-electron chi connectivity index (χ1n) is 11.9. The highest BCUT2D eigenvalue weighted by Gasteiger charge is 2.28. The van der Waals surface area contributed by atoms with Gasteiger partial charge in [0.05, 0.1) is 0 Å². The van der Waals surface area contributed by atoms with Gasteiger partial charge in [-0.05, 0) is 55.6 Å². The molecule has 2 aliphatic rings. The van der Waals surface area contributed by atoms with E-state index >= 15 is 0 Å². The monoisotopic (exact) mass is 490 g/mol. The van der Waals surface area contributed by atoms with Gasteiger partial charge in [0.1, 0.15) is 4.21 Å². The second-order valence-electron chi connectivity index (χ2n) is 8.75. The maximum atomic E-state index is 12.8. The van der Waals surface area contributed by atoms with Crippen molar-refractivity contribution < 1.29 is 13.2 Å². The van der Waals surface area contributed by atoms with E-state index in [2.05, 4.69) is 22.0 Å². The molecule has 1 aromatic carbocycles. The summed E-state index contributed by atoms with van der Waals surface area (Å²) in [6.07, 6.45) is 3.05. The molecule has 1 aromatic heterocycles. The van der Waals surface area contributed by atoms with Gasteiger partial charge in [-0.25, -0.2) is 8.42 Å². The first kappa shape index (κ1) is 24.3. The number of rotatable bonds is 9. The molecule has 3 heterocycles. The van der Waals surface area contributed by atoms with Crippen molar-refractivity contribution in [1.82, 2.24) is 19.4 Å². The minimum atomic E-state index is -3.39. The third kappa shape index (κ3) is 6.02. The van der Waals surface area contributed by atoms with Crippen molar-refractivity contribution in [3.05, 3.63) is 42.0 Å². The van der Waals surface area contributed by atoms with Crippen molar-refractivity contribution in [3.63, 3.8) is 0 Å². The summed E-state index contributed by atoms with van der Waals surface area (Å²) in [6.45, 7) is 10.4. The third-order valence-electron chi connectivity index (χ3n) is 6.39. The summed E-state index contributed by atoms with van der Waals surface area (Å²) in [5.41, 5.74) is 1.54. The molecular formula is C24H34N4O3S2. The van der Waals surface area contributed by atoms with Gasteiger partial charge < -0.3 is 10.2 Å². The van der Waals surface area contributed by atoms with E-state index in [-0.39, 0.29) is 5.91 Å². The molecule has 0 atom stereocenters. The van der Waals surface area contributed by atoms with Crippen LogP contribution in [0.2, 0.25) is 0 Å². The molecule has 9 heteroatoms. The lowest BCUT2D eigenvalue weighted by molar-refractivity contribution is 0.0936. The molecule has 0 saturated carbocycles. The van der Waals surface area contributed by atoms with Crippen molar-refractivity contribution in [2.24, 2.45) is 0 Å². The normalized spacial score (nSPS) is 18.6. The minimum Gasteiger partial charge on any atom is -0.351 e. The van der Waals surface area contributed by atoms with Crippen LogP contribution in [0.15, 0.2) is 40.6 Å². The SMILES string of the molecule is CCCN1CCN(CCNC(=O)c2ccc(-c3ccc(S(=O)(=O)N4CCCC4)s3)cc2)CC1. The molecule has 0 unspecified atom stereocenters. The van der Waals surface area contributed by atoms with Crippen LogP contribution in [-0.4, -0.2) is 87.3 Å². The number of nitrogens with one attached hydrogen (secondary N) is 1. The molecule has 180 valence electrons. The molecule has 2 aromatic rings. The van der Waals surface area contributed by atoms with Gasteiger partial charge >= 0.3 is 0 Å². The Labute approximate surface area is 201 Å². The average molecular weight is 491 g/mol. The molecule has 2 saturated heterocycles. The Morgan fingerprint density at radius 2 is 1.55 bits per heavy atom.